The maximum Gasteiger partial charge on any atom is 0.306 e. The first-order valence-corrected chi connectivity index (χ1v) is 21.0. The van der Waals surface area contributed by atoms with Gasteiger partial charge in [0.2, 0.25) is 0 Å². The van der Waals surface area contributed by atoms with Crippen molar-refractivity contribution in [3.8, 4) is 0 Å². The summed E-state index contributed by atoms with van der Waals surface area (Å²) in [7, 11) is 5.39. The molecular formula is C44H79NO7. The van der Waals surface area contributed by atoms with E-state index in [1.165, 1.54) is 103 Å². The molecule has 0 saturated carbocycles. The van der Waals surface area contributed by atoms with E-state index in [-0.39, 0.29) is 42.7 Å². The molecule has 0 amide bonds. The molecule has 0 aliphatic heterocycles. The average Bonchev–Trinajstić information content (AvgIpc) is 3.09. The lowest BCUT2D eigenvalue weighted by Gasteiger charge is -2.34. The number of carbonyl (C=O) groups excluding carboxylic acids is 3. The Kier molecular flexibility index (Phi) is 33.9. The van der Waals surface area contributed by atoms with Gasteiger partial charge in [-0.3, -0.25) is 9.59 Å². The summed E-state index contributed by atoms with van der Waals surface area (Å²) in [6, 6.07) is -0.728. The third kappa shape index (κ3) is 33.4. The number of likely N-dealkylation sites (N-methyl/N-ethyl adjacent to an activating group) is 1. The number of hydrogen-bond donors (Lipinski definition) is 0. The number of nitrogens with zero attached hydrogens (tertiary/aromatic N) is 1. The Bertz CT molecular complexity index is 953. The molecule has 302 valence electrons. The van der Waals surface area contributed by atoms with Gasteiger partial charge in [-0.25, -0.2) is 0 Å². The summed E-state index contributed by atoms with van der Waals surface area (Å²) in [4.78, 5) is 36.7. The van der Waals surface area contributed by atoms with Crippen molar-refractivity contribution in [3.05, 3.63) is 36.5 Å². The van der Waals surface area contributed by atoms with Gasteiger partial charge in [0.05, 0.1) is 40.3 Å². The minimum absolute atomic E-state index is 0.0317. The van der Waals surface area contributed by atoms with Crippen molar-refractivity contribution >= 4 is 17.9 Å². The van der Waals surface area contributed by atoms with E-state index in [2.05, 4.69) is 50.3 Å². The van der Waals surface area contributed by atoms with Gasteiger partial charge in [-0.2, -0.15) is 0 Å². The van der Waals surface area contributed by atoms with Crippen molar-refractivity contribution in [1.82, 2.24) is 0 Å². The predicted molar refractivity (Wildman–Crippen MR) is 213 cm³/mol. The fourth-order valence-electron chi connectivity index (χ4n) is 5.95. The van der Waals surface area contributed by atoms with Gasteiger partial charge in [-0.05, 0) is 57.8 Å². The molecule has 52 heavy (non-hydrogen) atoms. The Labute approximate surface area is 319 Å². The van der Waals surface area contributed by atoms with Gasteiger partial charge in [-0.1, -0.05) is 134 Å². The average molecular weight is 734 g/mol. The maximum atomic E-state index is 12.7. The number of ether oxygens (including phenoxy) is 3. The molecule has 0 aliphatic rings. The van der Waals surface area contributed by atoms with Crippen molar-refractivity contribution in [1.29, 1.82) is 0 Å². The van der Waals surface area contributed by atoms with Crippen molar-refractivity contribution in [2.45, 2.75) is 187 Å². The zero-order chi connectivity index (χ0) is 38.5. The summed E-state index contributed by atoms with van der Waals surface area (Å²) in [5.41, 5.74) is 0. The number of aliphatic carboxylic acids is 1. The van der Waals surface area contributed by atoms with Crippen LogP contribution in [-0.4, -0.2) is 75.5 Å². The summed E-state index contributed by atoms with van der Waals surface area (Å²) < 4.78 is 17.1. The molecule has 0 saturated heterocycles. The highest BCUT2D eigenvalue weighted by Gasteiger charge is 2.25. The lowest BCUT2D eigenvalue weighted by atomic mass is 10.1. The zero-order valence-corrected chi connectivity index (χ0v) is 34.2. The van der Waals surface area contributed by atoms with E-state index >= 15 is 0 Å². The van der Waals surface area contributed by atoms with Gasteiger partial charge < -0.3 is 28.6 Å². The van der Waals surface area contributed by atoms with E-state index in [1.807, 2.05) is 0 Å². The first-order chi connectivity index (χ1) is 25.1. The Morgan fingerprint density at radius 2 is 1.04 bits per heavy atom. The predicted octanol–water partition coefficient (Wildman–Crippen LogP) is 9.74. The van der Waals surface area contributed by atoms with Crippen molar-refractivity contribution in [3.63, 3.8) is 0 Å². The molecule has 0 radical (unpaired) electrons. The van der Waals surface area contributed by atoms with E-state index in [4.69, 9.17) is 14.2 Å². The molecule has 0 fully saturated rings. The van der Waals surface area contributed by atoms with E-state index in [0.717, 1.165) is 32.1 Å². The highest BCUT2D eigenvalue weighted by atomic mass is 16.6. The lowest BCUT2D eigenvalue weighted by molar-refractivity contribution is -0.889. The number of rotatable bonds is 37. The number of carboxylic acids is 1. The van der Waals surface area contributed by atoms with Crippen LogP contribution in [0.5, 0.6) is 0 Å². The van der Waals surface area contributed by atoms with Gasteiger partial charge in [0, 0.05) is 19.3 Å². The van der Waals surface area contributed by atoms with Crippen LogP contribution < -0.4 is 5.11 Å². The number of allylic oxidation sites excluding steroid dienone is 6. The van der Waals surface area contributed by atoms with Gasteiger partial charge >= 0.3 is 11.9 Å². The molecule has 8 heteroatoms. The largest absolute Gasteiger partial charge is 0.544 e. The fourth-order valence-corrected chi connectivity index (χ4v) is 5.95. The third-order valence-corrected chi connectivity index (χ3v) is 9.28. The molecule has 8 nitrogen and oxygen atoms in total. The summed E-state index contributed by atoms with van der Waals surface area (Å²) in [5, 5.41) is 11.6. The van der Waals surface area contributed by atoms with E-state index in [0.29, 0.717) is 19.3 Å². The minimum Gasteiger partial charge on any atom is -0.544 e. The van der Waals surface area contributed by atoms with Crippen LogP contribution in [0.4, 0.5) is 0 Å². The van der Waals surface area contributed by atoms with Crippen LogP contribution in [0.25, 0.3) is 0 Å². The van der Waals surface area contributed by atoms with Crippen LogP contribution in [0.2, 0.25) is 0 Å². The molecule has 0 aliphatic carbocycles. The lowest BCUT2D eigenvalue weighted by Crippen LogP contribution is -2.55. The molecule has 2 unspecified atom stereocenters. The van der Waals surface area contributed by atoms with Crippen molar-refractivity contribution in [2.75, 3.05) is 41.0 Å². The minimum atomic E-state index is -1.13. The molecule has 0 spiro atoms. The first-order valence-electron chi connectivity index (χ1n) is 21.0. The number of esters is 2. The number of hydrogen-bond acceptors (Lipinski definition) is 7. The molecule has 0 rings (SSSR count). The van der Waals surface area contributed by atoms with Crippen molar-refractivity contribution in [2.24, 2.45) is 0 Å². The molecule has 2 atom stereocenters. The second kappa shape index (κ2) is 35.6. The van der Waals surface area contributed by atoms with E-state index < -0.39 is 18.1 Å². The molecule has 0 aromatic heterocycles. The molecule has 0 heterocycles. The Morgan fingerprint density at radius 3 is 1.60 bits per heavy atom. The monoisotopic (exact) mass is 734 g/mol. The van der Waals surface area contributed by atoms with Crippen LogP contribution in [0.3, 0.4) is 0 Å². The normalized spacial score (nSPS) is 13.3. The maximum absolute atomic E-state index is 12.7. The second-order valence-electron chi connectivity index (χ2n) is 15.2. The SMILES string of the molecule is CCCCC/C=C/C=C/CCCCCCCCCCCCC(=O)OC(COCCC(C(=O)[O-])[N+](C)(C)C)COC(=O)CCC/C=C/CCCCCC. The van der Waals surface area contributed by atoms with Crippen molar-refractivity contribution < 1.29 is 38.2 Å². The zero-order valence-electron chi connectivity index (χ0n) is 34.2. The Morgan fingerprint density at radius 1 is 0.577 bits per heavy atom. The smallest absolute Gasteiger partial charge is 0.306 e. The number of unbranched alkanes of at least 4 members (excludes halogenated alkanes) is 18. The van der Waals surface area contributed by atoms with Crippen LogP contribution in [0.15, 0.2) is 36.5 Å². The third-order valence-electron chi connectivity index (χ3n) is 9.28. The van der Waals surface area contributed by atoms with E-state index in [9.17, 15) is 19.5 Å². The van der Waals surface area contributed by atoms with Crippen LogP contribution >= 0.6 is 0 Å². The topological polar surface area (TPSA) is 102 Å². The number of carboxylic acid groups (broad SMARTS) is 1. The standard InChI is InChI=1S/C44H79NO7/c1-6-8-10-12-14-16-17-18-19-20-21-22-23-24-25-27-29-31-33-35-43(47)52-40(38-50-37-36-41(44(48)49)45(3,4)5)39-51-42(46)34-32-30-28-26-15-13-11-9-7-2/h14,16-18,26,28,40-41H,6-13,15,19-25,27,29-39H2,1-5H3/b16-14+,18-17+,28-26+. The van der Waals surface area contributed by atoms with Crippen LogP contribution in [-0.2, 0) is 28.6 Å². The Balaban J connectivity index is 4.32. The molecule has 0 aromatic rings. The quantitative estimate of drug-likeness (QED) is 0.0206. The summed E-state index contributed by atoms with van der Waals surface area (Å²) in [6.07, 6.45) is 38.9. The van der Waals surface area contributed by atoms with Gasteiger partial charge in [0.1, 0.15) is 12.6 Å². The molecule has 0 aromatic carbocycles. The van der Waals surface area contributed by atoms with Crippen LogP contribution in [0.1, 0.15) is 174 Å². The second-order valence-corrected chi connectivity index (χ2v) is 15.2. The molecular weight excluding hydrogens is 654 g/mol. The highest BCUT2D eigenvalue weighted by molar-refractivity contribution is 5.70. The summed E-state index contributed by atoms with van der Waals surface area (Å²) in [6.45, 7) is 4.56. The fraction of sp³-hybridized carbons (Fsp3) is 0.795. The Hall–Kier alpha value is -2.45. The summed E-state index contributed by atoms with van der Waals surface area (Å²) >= 11 is 0. The number of quaternary nitrogens is 1. The van der Waals surface area contributed by atoms with Crippen LogP contribution in [0, 0.1) is 0 Å². The molecule has 0 bridgehead atoms. The van der Waals surface area contributed by atoms with Gasteiger partial charge in [0.15, 0.2) is 6.10 Å². The van der Waals surface area contributed by atoms with Gasteiger partial charge in [-0.15, -0.1) is 0 Å². The summed E-state index contributed by atoms with van der Waals surface area (Å²) in [5.74, 6) is -1.78. The van der Waals surface area contributed by atoms with Gasteiger partial charge in [0.25, 0.3) is 0 Å². The van der Waals surface area contributed by atoms with E-state index in [1.54, 1.807) is 21.1 Å². The highest BCUT2D eigenvalue weighted by Crippen LogP contribution is 2.14. The first kappa shape index (κ1) is 49.6. The number of carbonyl (C=O) groups is 3. The molecule has 0 N–H and O–H groups in total.